The molecular weight excluding hydrogens is 640 g/mol. The SMILES string of the molecule is CCOc1ccc2cc(-c3nn(C(C)C)c4ncnc(N)c34)ccc2c1.COc1ccc2cc(-c3nn(C(C)C)c4ncnc(N)c34)ccc2c1. The lowest BCUT2D eigenvalue weighted by Gasteiger charge is -2.06. The van der Waals surface area contributed by atoms with E-state index in [1.165, 1.54) is 12.7 Å². The smallest absolute Gasteiger partial charge is 0.164 e. The van der Waals surface area contributed by atoms with Gasteiger partial charge in [-0.1, -0.05) is 36.4 Å². The third-order valence-electron chi connectivity index (χ3n) is 8.73. The quantitative estimate of drug-likeness (QED) is 0.169. The summed E-state index contributed by atoms with van der Waals surface area (Å²) in [5.41, 5.74) is 17.4. The van der Waals surface area contributed by atoms with E-state index in [1.54, 1.807) is 7.11 Å². The van der Waals surface area contributed by atoms with Crippen molar-refractivity contribution in [1.29, 1.82) is 0 Å². The molecule has 4 aromatic heterocycles. The molecule has 0 saturated heterocycles. The average molecular weight is 681 g/mol. The maximum atomic E-state index is 6.15. The van der Waals surface area contributed by atoms with Gasteiger partial charge < -0.3 is 20.9 Å². The van der Waals surface area contributed by atoms with E-state index in [2.05, 4.69) is 84.0 Å². The molecule has 8 rings (SSSR count). The van der Waals surface area contributed by atoms with Gasteiger partial charge in [-0.2, -0.15) is 10.2 Å². The lowest BCUT2D eigenvalue weighted by Crippen LogP contribution is -2.04. The van der Waals surface area contributed by atoms with Crippen LogP contribution in [0.25, 0.3) is 66.1 Å². The fraction of sp³-hybridized carbons (Fsp3) is 0.231. The molecule has 0 aliphatic rings. The number of nitrogens with two attached hydrogens (primary N) is 2. The predicted molar refractivity (Wildman–Crippen MR) is 204 cm³/mol. The first-order valence-corrected chi connectivity index (χ1v) is 16.9. The van der Waals surface area contributed by atoms with Crippen LogP contribution in [0.4, 0.5) is 11.6 Å². The Morgan fingerprint density at radius 1 is 0.588 bits per heavy atom. The first-order chi connectivity index (χ1) is 24.7. The molecule has 0 radical (unpaired) electrons. The summed E-state index contributed by atoms with van der Waals surface area (Å²) in [5, 5.41) is 15.6. The number of fused-ring (bicyclic) bond motifs is 4. The molecule has 0 bridgehead atoms. The molecule has 258 valence electrons. The van der Waals surface area contributed by atoms with E-state index < -0.39 is 0 Å². The van der Waals surface area contributed by atoms with Gasteiger partial charge in [-0.3, -0.25) is 0 Å². The highest BCUT2D eigenvalue weighted by atomic mass is 16.5. The summed E-state index contributed by atoms with van der Waals surface area (Å²) in [6.07, 6.45) is 2.96. The maximum absolute atomic E-state index is 6.15. The van der Waals surface area contributed by atoms with Gasteiger partial charge in [0.1, 0.15) is 47.2 Å². The molecule has 0 unspecified atom stereocenters. The highest BCUT2D eigenvalue weighted by Crippen LogP contribution is 2.35. The second-order valence-corrected chi connectivity index (χ2v) is 12.8. The number of nitrogens with zero attached hydrogens (tertiary/aromatic N) is 8. The molecule has 51 heavy (non-hydrogen) atoms. The van der Waals surface area contributed by atoms with E-state index in [4.69, 9.17) is 31.1 Å². The Kier molecular flexibility index (Phi) is 8.82. The van der Waals surface area contributed by atoms with E-state index in [0.717, 1.165) is 77.6 Å². The van der Waals surface area contributed by atoms with Gasteiger partial charge in [-0.25, -0.2) is 29.3 Å². The number of aromatic nitrogens is 8. The molecule has 0 aliphatic carbocycles. The van der Waals surface area contributed by atoms with Crippen molar-refractivity contribution >= 4 is 55.2 Å². The molecule has 8 aromatic rings. The van der Waals surface area contributed by atoms with E-state index in [9.17, 15) is 0 Å². The summed E-state index contributed by atoms with van der Waals surface area (Å²) < 4.78 is 14.7. The minimum absolute atomic E-state index is 0.176. The van der Waals surface area contributed by atoms with Crippen molar-refractivity contribution in [2.45, 2.75) is 46.7 Å². The number of anilines is 2. The van der Waals surface area contributed by atoms with Crippen molar-refractivity contribution in [3.8, 4) is 34.0 Å². The molecule has 0 fully saturated rings. The molecule has 4 aromatic carbocycles. The summed E-state index contributed by atoms with van der Waals surface area (Å²) >= 11 is 0. The van der Waals surface area contributed by atoms with E-state index in [1.807, 2.05) is 52.7 Å². The monoisotopic (exact) mass is 680 g/mol. The summed E-state index contributed by atoms with van der Waals surface area (Å²) in [5.74, 6) is 2.61. The Morgan fingerprint density at radius 3 is 1.47 bits per heavy atom. The van der Waals surface area contributed by atoms with E-state index in [-0.39, 0.29) is 12.1 Å². The van der Waals surface area contributed by atoms with Crippen molar-refractivity contribution in [1.82, 2.24) is 39.5 Å². The molecule has 4 heterocycles. The van der Waals surface area contributed by atoms with Gasteiger partial charge in [0.25, 0.3) is 0 Å². The fourth-order valence-corrected chi connectivity index (χ4v) is 6.24. The fourth-order valence-electron chi connectivity index (χ4n) is 6.24. The van der Waals surface area contributed by atoms with Crippen molar-refractivity contribution in [3.63, 3.8) is 0 Å². The number of nitrogen functional groups attached to an aromatic ring is 2. The minimum atomic E-state index is 0.176. The van der Waals surface area contributed by atoms with E-state index >= 15 is 0 Å². The number of hydrogen-bond acceptors (Lipinski definition) is 10. The predicted octanol–water partition coefficient (Wildman–Crippen LogP) is 8.03. The number of rotatable bonds is 7. The minimum Gasteiger partial charge on any atom is -0.497 e. The van der Waals surface area contributed by atoms with Crippen LogP contribution in [0.5, 0.6) is 11.5 Å². The van der Waals surface area contributed by atoms with Crippen LogP contribution in [-0.4, -0.2) is 53.2 Å². The van der Waals surface area contributed by atoms with Gasteiger partial charge in [0.2, 0.25) is 0 Å². The Labute approximate surface area is 295 Å². The summed E-state index contributed by atoms with van der Waals surface area (Å²) in [4.78, 5) is 17.1. The van der Waals surface area contributed by atoms with E-state index in [0.29, 0.717) is 18.2 Å². The number of methoxy groups -OCH3 is 1. The lowest BCUT2D eigenvalue weighted by molar-refractivity contribution is 0.341. The number of hydrogen-bond donors (Lipinski definition) is 2. The lowest BCUT2D eigenvalue weighted by atomic mass is 10.0. The molecular formula is C39H40N10O2. The molecule has 4 N–H and O–H groups in total. The zero-order valence-electron chi connectivity index (χ0n) is 29.5. The normalized spacial score (nSPS) is 11.5. The topological polar surface area (TPSA) is 158 Å². The number of benzene rings is 4. The van der Waals surface area contributed by atoms with Crippen LogP contribution in [0, 0.1) is 0 Å². The second kappa shape index (κ2) is 13.5. The average Bonchev–Trinajstić information content (AvgIpc) is 3.73. The maximum Gasteiger partial charge on any atom is 0.164 e. The van der Waals surface area contributed by atoms with Gasteiger partial charge in [-0.15, -0.1) is 0 Å². The Morgan fingerprint density at radius 2 is 1.02 bits per heavy atom. The van der Waals surface area contributed by atoms with Gasteiger partial charge in [0.05, 0.1) is 24.5 Å². The summed E-state index contributed by atoms with van der Waals surface area (Å²) in [7, 11) is 1.67. The Balaban J connectivity index is 0.000000159. The largest absolute Gasteiger partial charge is 0.497 e. The zero-order chi connectivity index (χ0) is 35.8. The van der Waals surface area contributed by atoms with Crippen LogP contribution < -0.4 is 20.9 Å². The van der Waals surface area contributed by atoms with Gasteiger partial charge in [0, 0.05) is 23.2 Å². The molecule has 0 spiro atoms. The Bertz CT molecular complexity index is 2540. The standard InChI is InChI=1S/C20H21N5O.C19H19N5O/c1-4-26-16-8-7-13-9-15(6-5-14(13)10-16)18-17-19(21)22-11-23-20(17)25(24-18)12(2)3;1-11(2)24-19-16(18(20)21-10-22-19)17(23-24)14-5-4-13-9-15(25-3)7-6-12(13)8-14/h5-12H,4H2,1-3H3,(H2,21,22,23);4-11H,1-3H3,(H2,20,21,22). The molecule has 0 amide bonds. The van der Waals surface area contributed by atoms with Crippen LogP contribution >= 0.6 is 0 Å². The van der Waals surface area contributed by atoms with Crippen molar-refractivity contribution in [2.24, 2.45) is 0 Å². The van der Waals surface area contributed by atoms with Crippen LogP contribution in [0.2, 0.25) is 0 Å². The zero-order valence-corrected chi connectivity index (χ0v) is 29.5. The van der Waals surface area contributed by atoms with Gasteiger partial charge >= 0.3 is 0 Å². The first-order valence-electron chi connectivity index (χ1n) is 16.9. The van der Waals surface area contributed by atoms with Crippen LogP contribution in [0.15, 0.2) is 85.5 Å². The molecule has 12 heteroatoms. The highest BCUT2D eigenvalue weighted by molar-refractivity contribution is 6.01. The summed E-state index contributed by atoms with van der Waals surface area (Å²) in [6.45, 7) is 10.9. The van der Waals surface area contributed by atoms with Crippen LogP contribution in [0.3, 0.4) is 0 Å². The van der Waals surface area contributed by atoms with Gasteiger partial charge in [0.15, 0.2) is 11.3 Å². The van der Waals surface area contributed by atoms with Crippen molar-refractivity contribution < 1.29 is 9.47 Å². The molecule has 0 saturated carbocycles. The summed E-state index contributed by atoms with van der Waals surface area (Å²) in [6, 6.07) is 24.9. The Hall–Kier alpha value is -6.30. The van der Waals surface area contributed by atoms with Gasteiger partial charge in [-0.05, 0) is 92.6 Å². The number of ether oxygens (including phenoxy) is 2. The van der Waals surface area contributed by atoms with Crippen LogP contribution in [-0.2, 0) is 0 Å². The molecule has 0 atom stereocenters. The van der Waals surface area contributed by atoms with Crippen molar-refractivity contribution in [2.75, 3.05) is 25.2 Å². The first kappa shape index (κ1) is 33.2. The third kappa shape index (κ3) is 6.20. The third-order valence-corrected chi connectivity index (χ3v) is 8.73. The van der Waals surface area contributed by atoms with Crippen LogP contribution in [0.1, 0.15) is 46.7 Å². The molecule has 12 nitrogen and oxygen atoms in total. The highest BCUT2D eigenvalue weighted by Gasteiger charge is 2.20. The van der Waals surface area contributed by atoms with Crippen molar-refractivity contribution in [3.05, 3.63) is 85.5 Å². The molecule has 0 aliphatic heterocycles. The second-order valence-electron chi connectivity index (χ2n) is 12.8.